The number of benzene rings is 1. The normalized spacial score (nSPS) is 17.7. The molecule has 2 aliphatic rings. The van der Waals surface area contributed by atoms with Gasteiger partial charge in [-0.2, -0.15) is 0 Å². The van der Waals surface area contributed by atoms with Crippen LogP contribution in [-0.4, -0.2) is 41.3 Å². The Morgan fingerprint density at radius 3 is 2.77 bits per heavy atom. The van der Waals surface area contributed by atoms with E-state index >= 15 is 0 Å². The molecule has 0 spiro atoms. The summed E-state index contributed by atoms with van der Waals surface area (Å²) in [5.74, 6) is 2.05. The molecule has 2 aromatic heterocycles. The van der Waals surface area contributed by atoms with Crippen LogP contribution in [0.1, 0.15) is 24.6 Å². The lowest BCUT2D eigenvalue weighted by Crippen LogP contribution is -2.36. The molecule has 5 rings (SSSR count). The van der Waals surface area contributed by atoms with E-state index in [0.29, 0.717) is 11.1 Å². The summed E-state index contributed by atoms with van der Waals surface area (Å²) in [5, 5.41) is 4.90. The lowest BCUT2D eigenvalue weighted by molar-refractivity contribution is 0.122. The summed E-state index contributed by atoms with van der Waals surface area (Å²) >= 11 is 7.87. The Bertz CT molecular complexity index is 952. The maximum Gasteiger partial charge on any atom is 0.186 e. The van der Waals surface area contributed by atoms with Crippen LogP contribution in [-0.2, 0) is 4.74 Å². The molecule has 0 amide bonds. The van der Waals surface area contributed by atoms with Crippen LogP contribution in [0.15, 0.2) is 24.3 Å². The molecule has 0 radical (unpaired) electrons. The molecule has 1 saturated carbocycles. The van der Waals surface area contributed by atoms with Gasteiger partial charge in [-0.05, 0) is 31.0 Å². The topological polar surface area (TPSA) is 63.2 Å². The summed E-state index contributed by atoms with van der Waals surface area (Å²) in [6.07, 6.45) is 2.30. The Balaban J connectivity index is 1.40. The first-order chi connectivity index (χ1) is 12.7. The molecule has 0 unspecified atom stereocenters. The van der Waals surface area contributed by atoms with Crippen molar-refractivity contribution in [1.82, 2.24) is 15.0 Å². The number of nitrogens with one attached hydrogen (secondary N) is 1. The van der Waals surface area contributed by atoms with Gasteiger partial charge < -0.3 is 15.0 Å². The quantitative estimate of drug-likeness (QED) is 0.677. The first-order valence-corrected chi connectivity index (χ1v) is 9.99. The molecular weight excluding hydrogens is 370 g/mol. The van der Waals surface area contributed by atoms with Crippen LogP contribution < -0.4 is 10.2 Å². The minimum absolute atomic E-state index is 0.467. The van der Waals surface area contributed by atoms with Crippen molar-refractivity contribution in [2.24, 2.45) is 0 Å². The van der Waals surface area contributed by atoms with Crippen LogP contribution in [0.4, 0.5) is 16.6 Å². The number of morpholine rings is 1. The molecule has 8 heteroatoms. The zero-order chi connectivity index (χ0) is 17.5. The standard InChI is InChI=1S/C18H18ClN5OS/c19-15-10-16(23-17(22-15)11-1-2-11)20-12-3-4-13-14(9-12)26-18(21-13)24-5-7-25-8-6-24/h3-4,9-11H,1-2,5-8H2,(H,20,22,23). The van der Waals surface area contributed by atoms with E-state index in [2.05, 4.69) is 26.3 Å². The molecule has 0 atom stereocenters. The molecule has 2 fully saturated rings. The molecule has 1 N–H and O–H groups in total. The van der Waals surface area contributed by atoms with Crippen LogP contribution >= 0.6 is 22.9 Å². The highest BCUT2D eigenvalue weighted by molar-refractivity contribution is 7.22. The van der Waals surface area contributed by atoms with Gasteiger partial charge >= 0.3 is 0 Å². The predicted molar refractivity (Wildman–Crippen MR) is 105 cm³/mol. The van der Waals surface area contributed by atoms with Gasteiger partial charge in [-0.25, -0.2) is 15.0 Å². The molecule has 134 valence electrons. The van der Waals surface area contributed by atoms with E-state index in [-0.39, 0.29) is 0 Å². The third-order valence-corrected chi connectivity index (χ3v) is 5.86. The van der Waals surface area contributed by atoms with E-state index in [1.165, 1.54) is 0 Å². The molecule has 6 nitrogen and oxygen atoms in total. The fourth-order valence-electron chi connectivity index (χ4n) is 3.05. The SMILES string of the molecule is Clc1cc(Nc2ccc3nc(N4CCOCC4)sc3c2)nc(C2CC2)n1. The molecule has 1 aromatic carbocycles. The molecular formula is C18H18ClN5OS. The summed E-state index contributed by atoms with van der Waals surface area (Å²) in [7, 11) is 0. The van der Waals surface area contributed by atoms with Gasteiger partial charge in [0.1, 0.15) is 16.8 Å². The summed E-state index contributed by atoms with van der Waals surface area (Å²) in [6.45, 7) is 3.32. The van der Waals surface area contributed by atoms with Crippen molar-refractivity contribution in [3.05, 3.63) is 35.2 Å². The largest absolute Gasteiger partial charge is 0.378 e. The number of ether oxygens (including phenoxy) is 1. The minimum Gasteiger partial charge on any atom is -0.378 e. The molecule has 3 aromatic rings. The molecule has 1 aliphatic carbocycles. The number of halogens is 1. The average molecular weight is 388 g/mol. The van der Waals surface area contributed by atoms with Crippen molar-refractivity contribution in [3.63, 3.8) is 0 Å². The van der Waals surface area contributed by atoms with Gasteiger partial charge in [0.15, 0.2) is 5.13 Å². The van der Waals surface area contributed by atoms with Gasteiger partial charge in [-0.1, -0.05) is 22.9 Å². The molecule has 0 bridgehead atoms. The summed E-state index contributed by atoms with van der Waals surface area (Å²) in [5.41, 5.74) is 1.99. The molecule has 26 heavy (non-hydrogen) atoms. The lowest BCUT2D eigenvalue weighted by atomic mass is 10.3. The first kappa shape index (κ1) is 16.2. The lowest BCUT2D eigenvalue weighted by Gasteiger charge is -2.25. The Labute approximate surface area is 160 Å². The number of nitrogens with zero attached hydrogens (tertiary/aromatic N) is 4. The monoisotopic (exact) mass is 387 g/mol. The third-order valence-electron chi connectivity index (χ3n) is 4.59. The smallest absolute Gasteiger partial charge is 0.186 e. The zero-order valence-electron chi connectivity index (χ0n) is 14.1. The van der Waals surface area contributed by atoms with Gasteiger partial charge in [-0.3, -0.25) is 0 Å². The Morgan fingerprint density at radius 1 is 1.12 bits per heavy atom. The minimum atomic E-state index is 0.467. The molecule has 1 saturated heterocycles. The predicted octanol–water partition coefficient (Wildman–Crippen LogP) is 4.20. The number of aromatic nitrogens is 3. The zero-order valence-corrected chi connectivity index (χ0v) is 15.7. The van der Waals surface area contributed by atoms with Gasteiger partial charge in [-0.15, -0.1) is 0 Å². The number of hydrogen-bond donors (Lipinski definition) is 1. The van der Waals surface area contributed by atoms with E-state index in [0.717, 1.165) is 71.8 Å². The van der Waals surface area contributed by atoms with E-state index in [4.69, 9.17) is 21.3 Å². The fraction of sp³-hybridized carbons (Fsp3) is 0.389. The van der Waals surface area contributed by atoms with Gasteiger partial charge in [0.05, 0.1) is 23.4 Å². The van der Waals surface area contributed by atoms with Crippen molar-refractivity contribution in [2.45, 2.75) is 18.8 Å². The highest BCUT2D eigenvalue weighted by Gasteiger charge is 2.27. The van der Waals surface area contributed by atoms with Crippen LogP contribution in [0, 0.1) is 0 Å². The van der Waals surface area contributed by atoms with E-state index in [1.807, 2.05) is 12.1 Å². The van der Waals surface area contributed by atoms with E-state index in [9.17, 15) is 0 Å². The second-order valence-corrected chi connectivity index (χ2v) is 8.01. The van der Waals surface area contributed by atoms with Crippen molar-refractivity contribution in [1.29, 1.82) is 0 Å². The van der Waals surface area contributed by atoms with Gasteiger partial charge in [0, 0.05) is 30.8 Å². The highest BCUT2D eigenvalue weighted by Crippen LogP contribution is 2.39. The average Bonchev–Trinajstić information content (AvgIpc) is 3.41. The second-order valence-electron chi connectivity index (χ2n) is 6.61. The molecule has 3 heterocycles. The Morgan fingerprint density at radius 2 is 1.96 bits per heavy atom. The van der Waals surface area contributed by atoms with Gasteiger partial charge in [0.25, 0.3) is 0 Å². The van der Waals surface area contributed by atoms with Crippen molar-refractivity contribution < 1.29 is 4.74 Å². The van der Waals surface area contributed by atoms with Gasteiger partial charge in [0.2, 0.25) is 0 Å². The maximum atomic E-state index is 6.16. The fourth-order valence-corrected chi connectivity index (χ4v) is 4.30. The van der Waals surface area contributed by atoms with Crippen molar-refractivity contribution >= 4 is 49.8 Å². The number of fused-ring (bicyclic) bond motifs is 1. The molecule has 1 aliphatic heterocycles. The van der Waals surface area contributed by atoms with Crippen molar-refractivity contribution in [2.75, 3.05) is 36.5 Å². The maximum absolute atomic E-state index is 6.16. The summed E-state index contributed by atoms with van der Waals surface area (Å²) in [6, 6.07) is 7.95. The number of thiazole rings is 1. The summed E-state index contributed by atoms with van der Waals surface area (Å²) in [4.78, 5) is 16.0. The third kappa shape index (κ3) is 3.34. The van der Waals surface area contributed by atoms with E-state index in [1.54, 1.807) is 17.4 Å². The Kier molecular flexibility index (Phi) is 4.15. The van der Waals surface area contributed by atoms with E-state index < -0.39 is 0 Å². The van der Waals surface area contributed by atoms with Crippen LogP contribution in [0.3, 0.4) is 0 Å². The number of hydrogen-bond acceptors (Lipinski definition) is 7. The van der Waals surface area contributed by atoms with Crippen LogP contribution in [0.25, 0.3) is 10.2 Å². The van der Waals surface area contributed by atoms with Crippen LogP contribution in [0.2, 0.25) is 5.15 Å². The Hall–Kier alpha value is -1.96. The second kappa shape index (κ2) is 6.64. The highest BCUT2D eigenvalue weighted by atomic mass is 35.5. The van der Waals surface area contributed by atoms with Crippen molar-refractivity contribution in [3.8, 4) is 0 Å². The number of rotatable bonds is 4. The first-order valence-electron chi connectivity index (χ1n) is 8.79. The van der Waals surface area contributed by atoms with Crippen LogP contribution in [0.5, 0.6) is 0 Å². The summed E-state index contributed by atoms with van der Waals surface area (Å²) < 4.78 is 6.58. The number of anilines is 3.